The molecule has 0 spiro atoms. The van der Waals surface area contributed by atoms with Crippen LogP contribution in [0, 0.1) is 0 Å². The van der Waals surface area contributed by atoms with Crippen molar-refractivity contribution >= 4 is 24.1 Å². The van der Waals surface area contributed by atoms with Crippen LogP contribution < -0.4 is 21.3 Å². The van der Waals surface area contributed by atoms with E-state index < -0.39 is 173 Å². The topological polar surface area (TPSA) is 409 Å². The second-order valence-corrected chi connectivity index (χ2v) is 16.8. The van der Waals surface area contributed by atoms with Crippen molar-refractivity contribution in [3.05, 3.63) is 0 Å². The van der Waals surface area contributed by atoms with E-state index in [0.29, 0.717) is 9.80 Å². The monoisotopic (exact) mass is 1040 g/mol. The number of aliphatic hydroxyl groups is 12. The van der Waals surface area contributed by atoms with Gasteiger partial charge in [-0.05, 0) is 0 Å². The molecule has 70 heavy (non-hydrogen) atoms. The maximum absolute atomic E-state index is 13.7. The summed E-state index contributed by atoms with van der Waals surface area (Å²) in [5, 5.41) is 118. The quantitative estimate of drug-likeness (QED) is 0.100. The Morgan fingerprint density at radius 2 is 0.700 bits per heavy atom. The number of halogens is 6. The third-order valence-corrected chi connectivity index (χ3v) is 12.0. The summed E-state index contributed by atoms with van der Waals surface area (Å²) in [6.45, 7) is -2.58. The summed E-state index contributed by atoms with van der Waals surface area (Å²) < 4.78 is 102. The minimum absolute atomic E-state index is 0.0710. The van der Waals surface area contributed by atoms with Crippen LogP contribution in [0.25, 0.3) is 0 Å². The van der Waals surface area contributed by atoms with E-state index in [1.54, 1.807) is 0 Å². The Morgan fingerprint density at radius 3 is 0.914 bits per heavy atom. The first kappa shape index (κ1) is 56.9. The Hall–Kier alpha value is -3.98. The molecule has 0 radical (unpaired) electrons. The molecular weight excluding hydrogens is 978 g/mol. The molecule has 0 saturated carbocycles. The van der Waals surface area contributed by atoms with E-state index in [-0.39, 0.29) is 51.9 Å². The molecule has 0 unspecified atom stereocenters. The van der Waals surface area contributed by atoms with E-state index in [4.69, 9.17) is 49.6 Å². The van der Waals surface area contributed by atoms with E-state index in [2.05, 4.69) is 21.3 Å². The average molecular weight is 1040 g/mol. The molecule has 0 aromatic rings. The van der Waals surface area contributed by atoms with Crippen LogP contribution in [-0.4, -0.2) is 280 Å². The Bertz CT molecular complexity index is 1660. The fourth-order valence-electron chi connectivity index (χ4n) is 8.08. The van der Waals surface area contributed by atoms with Gasteiger partial charge in [-0.3, -0.25) is 19.6 Å². The molecule has 18 atom stereocenters. The van der Waals surface area contributed by atoms with Crippen molar-refractivity contribution in [2.45, 2.75) is 149 Å². The molecule has 0 aromatic carbocycles. The molecule has 16 N–H and O–H groups in total. The predicted molar refractivity (Wildman–Crippen MR) is 210 cm³/mol. The highest BCUT2D eigenvalue weighted by Crippen LogP contribution is 2.40. The number of hydrogen-bond acceptors (Lipinski definition) is 20. The van der Waals surface area contributed by atoms with Gasteiger partial charge in [0.2, 0.25) is 12.5 Å². The first-order chi connectivity index (χ1) is 32.8. The van der Waals surface area contributed by atoms with Crippen molar-refractivity contribution in [1.82, 2.24) is 40.9 Å². The van der Waals surface area contributed by atoms with Gasteiger partial charge in [0.1, 0.15) is 61.5 Å². The summed E-state index contributed by atoms with van der Waals surface area (Å²) in [6, 6.07) is -3.10. The second kappa shape index (κ2) is 23.7. The molecule has 0 bridgehead atoms. The third kappa shape index (κ3) is 12.3. The van der Waals surface area contributed by atoms with Crippen molar-refractivity contribution < 1.29 is 126 Å². The molecule has 8 amide bonds. The van der Waals surface area contributed by atoms with E-state index in [9.17, 15) is 76.2 Å². The third-order valence-electron chi connectivity index (χ3n) is 12.0. The molecule has 404 valence electrons. The van der Waals surface area contributed by atoms with Crippen LogP contribution in [0.4, 0.5) is 45.5 Å². The zero-order chi connectivity index (χ0) is 52.2. The molecular formula is C36H58F6N8O20. The number of carbonyl (C=O) groups is 4. The SMILES string of the molecule is O=C1N[C@@H](O)CCN1[C@@H]1O[C@H](CO)[C@@H](O)C1(F)F.O=C1N[C@@H](O)CCN1[C@@H]1O[C@H](CO)[C@@H](O)[C@@H]1F.O=C1N[C@H](O)CCN1[C@@H]1O[C@H](CO)[C@@H](O)C1(F)F.O=C1N[C@H](O)CCN1[C@@H]1O[C@H](CO)[C@@H](O)[C@@H]1F. The Balaban J connectivity index is 0.000000174. The highest BCUT2D eigenvalue weighted by molar-refractivity contribution is 5.77. The van der Waals surface area contributed by atoms with Crippen LogP contribution in [-0.2, 0) is 18.9 Å². The van der Waals surface area contributed by atoms with Crippen LogP contribution in [0.2, 0.25) is 0 Å². The number of carbonyl (C=O) groups excluding carboxylic acids is 4. The van der Waals surface area contributed by atoms with Gasteiger partial charge in [-0.2, -0.15) is 17.6 Å². The van der Waals surface area contributed by atoms with Crippen molar-refractivity contribution in [3.63, 3.8) is 0 Å². The van der Waals surface area contributed by atoms with Crippen molar-refractivity contribution in [1.29, 1.82) is 0 Å². The molecule has 8 fully saturated rings. The fraction of sp³-hybridized carbons (Fsp3) is 0.889. The molecule has 0 aliphatic carbocycles. The lowest BCUT2D eigenvalue weighted by Gasteiger charge is -2.36. The van der Waals surface area contributed by atoms with Gasteiger partial charge in [0.25, 0.3) is 0 Å². The number of rotatable bonds is 8. The molecule has 34 heteroatoms. The molecule has 0 aromatic heterocycles. The smallest absolute Gasteiger partial charge is 0.321 e. The van der Waals surface area contributed by atoms with Crippen LogP contribution in [0.5, 0.6) is 0 Å². The van der Waals surface area contributed by atoms with Gasteiger partial charge in [-0.15, -0.1) is 0 Å². The molecule has 8 aliphatic rings. The minimum atomic E-state index is -3.67. The fourth-order valence-corrected chi connectivity index (χ4v) is 8.08. The van der Waals surface area contributed by atoms with Crippen LogP contribution >= 0.6 is 0 Å². The van der Waals surface area contributed by atoms with Gasteiger partial charge in [0.05, 0.1) is 26.4 Å². The highest BCUT2D eigenvalue weighted by atomic mass is 19.3. The van der Waals surface area contributed by atoms with E-state index >= 15 is 0 Å². The Kier molecular flexibility index (Phi) is 19.3. The van der Waals surface area contributed by atoms with Crippen LogP contribution in [0.3, 0.4) is 0 Å². The van der Waals surface area contributed by atoms with Gasteiger partial charge in [0, 0.05) is 51.9 Å². The maximum atomic E-state index is 13.7. The molecule has 8 aliphatic heterocycles. The molecule has 8 saturated heterocycles. The van der Waals surface area contributed by atoms with E-state index in [0.717, 1.165) is 9.80 Å². The zero-order valence-corrected chi connectivity index (χ0v) is 36.6. The number of aliphatic hydroxyl groups excluding tert-OH is 12. The molecule has 28 nitrogen and oxygen atoms in total. The second-order valence-electron chi connectivity index (χ2n) is 16.8. The summed E-state index contributed by atoms with van der Waals surface area (Å²) in [6.07, 6.45) is -25.5. The van der Waals surface area contributed by atoms with E-state index in [1.165, 1.54) is 0 Å². The predicted octanol–water partition coefficient (Wildman–Crippen LogP) is -6.86. The summed E-state index contributed by atoms with van der Waals surface area (Å²) in [5.41, 5.74) is 0. The van der Waals surface area contributed by atoms with Crippen molar-refractivity contribution in [2.24, 2.45) is 0 Å². The summed E-state index contributed by atoms with van der Waals surface area (Å²) in [5.74, 6) is -7.35. The zero-order valence-electron chi connectivity index (χ0n) is 36.6. The first-order valence-electron chi connectivity index (χ1n) is 21.7. The van der Waals surface area contributed by atoms with Crippen molar-refractivity contribution in [3.8, 4) is 0 Å². The van der Waals surface area contributed by atoms with Gasteiger partial charge < -0.3 is 101 Å². The minimum Gasteiger partial charge on any atom is -0.394 e. The summed E-state index contributed by atoms with van der Waals surface area (Å²) >= 11 is 0. The number of nitrogens with one attached hydrogen (secondary N) is 4. The number of hydrogen-bond donors (Lipinski definition) is 16. The van der Waals surface area contributed by atoms with Crippen molar-refractivity contribution in [2.75, 3.05) is 52.6 Å². The average Bonchev–Trinajstić information content (AvgIpc) is 3.92. The first-order valence-corrected chi connectivity index (χ1v) is 21.7. The number of urea groups is 4. The normalized spacial score (nSPS) is 41.2. The van der Waals surface area contributed by atoms with Gasteiger partial charge in [0.15, 0.2) is 37.0 Å². The lowest BCUT2D eigenvalue weighted by atomic mass is 10.1. The Labute approximate surface area is 391 Å². The maximum Gasteiger partial charge on any atom is 0.321 e. The number of ether oxygens (including phenoxy) is 4. The Morgan fingerprint density at radius 1 is 0.443 bits per heavy atom. The standard InChI is InChI=1S/2C9H14F2N2O5.2C9H15FN2O5/c2*10-9(11)6(16)4(3-14)18-7(9)13-2-1-5(15)12-8(13)17;2*10-6-7(15)4(3-13)17-8(6)12-2-1-5(14)11-9(12)16/h2*4-7,14-16H,1-3H2,(H,12,17);2*4-8,13-15H,1-3H2,(H,11,16)/t4-,5+,6-,7-;4-,5-,6-,7-;4-,5+,6+,7-,8-;4-,5-,6+,7-,8-/m1111/s1. The number of nitrogens with zero attached hydrogens (tertiary/aromatic N) is 4. The largest absolute Gasteiger partial charge is 0.394 e. The van der Waals surface area contributed by atoms with Crippen LogP contribution in [0.1, 0.15) is 25.7 Å². The number of alkyl halides is 6. The van der Waals surface area contributed by atoms with Gasteiger partial charge >= 0.3 is 36.0 Å². The summed E-state index contributed by atoms with van der Waals surface area (Å²) in [7, 11) is 0. The highest BCUT2D eigenvalue weighted by Gasteiger charge is 2.63. The lowest BCUT2D eigenvalue weighted by Crippen LogP contribution is -2.59. The van der Waals surface area contributed by atoms with E-state index in [1.807, 2.05) is 0 Å². The van der Waals surface area contributed by atoms with Gasteiger partial charge in [-0.1, -0.05) is 0 Å². The van der Waals surface area contributed by atoms with Crippen LogP contribution in [0.15, 0.2) is 0 Å². The molecule has 8 heterocycles. The van der Waals surface area contributed by atoms with Gasteiger partial charge in [-0.25, -0.2) is 28.0 Å². The lowest BCUT2D eigenvalue weighted by molar-refractivity contribution is -0.159. The molecule has 8 rings (SSSR count). The summed E-state index contributed by atoms with van der Waals surface area (Å²) in [4.78, 5) is 49.5. The number of amides is 8.